The number of hydrogen-bond acceptors (Lipinski definition) is 4. The number of carbonyl (C=O) groups is 1. The number of carboxylic acids is 1. The van der Waals surface area contributed by atoms with Crippen LogP contribution in [0.4, 0.5) is 0 Å². The summed E-state index contributed by atoms with van der Waals surface area (Å²) in [4.78, 5) is 22.4. The number of imidazole rings is 1. The average Bonchev–Trinajstić information content (AvgIpc) is 2.68. The first-order valence-corrected chi connectivity index (χ1v) is 6.23. The van der Waals surface area contributed by atoms with E-state index in [-0.39, 0.29) is 0 Å². The number of likely N-dealkylation sites (N-methyl/N-ethyl adjacent to an activating group) is 1. The van der Waals surface area contributed by atoms with Crippen LogP contribution in [0.2, 0.25) is 0 Å². The molecule has 1 saturated heterocycles. The Bertz CT molecular complexity index is 401. The van der Waals surface area contributed by atoms with Gasteiger partial charge in [-0.1, -0.05) is 0 Å². The largest absolute Gasteiger partial charge is 0.480 e. The van der Waals surface area contributed by atoms with Gasteiger partial charge < -0.3 is 15.0 Å². The van der Waals surface area contributed by atoms with E-state index in [1.165, 1.54) is 6.33 Å². The van der Waals surface area contributed by atoms with Crippen molar-refractivity contribution in [3.05, 3.63) is 16.6 Å². The smallest absolute Gasteiger partial charge is 0.327 e. The minimum absolute atomic E-state index is 0.573. The molecule has 1 aliphatic rings. The highest BCUT2D eigenvalue weighted by Crippen LogP contribution is 2.26. The van der Waals surface area contributed by atoms with Crippen molar-refractivity contribution in [1.29, 1.82) is 0 Å². The Kier molecular flexibility index (Phi) is 3.80. The van der Waals surface area contributed by atoms with Gasteiger partial charge in [-0.3, -0.25) is 9.69 Å². The molecule has 1 atom stereocenters. The van der Waals surface area contributed by atoms with Crippen molar-refractivity contribution in [3.63, 3.8) is 0 Å². The maximum Gasteiger partial charge on any atom is 0.327 e. The van der Waals surface area contributed by atoms with Gasteiger partial charge >= 0.3 is 5.97 Å². The molecule has 2 N–H and O–H groups in total. The van der Waals surface area contributed by atoms with E-state index in [0.717, 1.165) is 26.2 Å². The molecule has 1 aromatic heterocycles. The summed E-state index contributed by atoms with van der Waals surface area (Å²) in [7, 11) is 2.04. The SMILES string of the molecule is CN1CCN(C(C(=O)O)c2[nH]cnc2Br)CC1. The summed E-state index contributed by atoms with van der Waals surface area (Å²) in [6.45, 7) is 3.27. The van der Waals surface area contributed by atoms with Crippen molar-refractivity contribution in [2.24, 2.45) is 0 Å². The lowest BCUT2D eigenvalue weighted by Gasteiger charge is -2.35. The number of H-pyrrole nitrogens is 1. The maximum absolute atomic E-state index is 11.4. The predicted octanol–water partition coefficient (Wildman–Crippen LogP) is 0.545. The minimum Gasteiger partial charge on any atom is -0.480 e. The molecule has 0 spiro atoms. The lowest BCUT2D eigenvalue weighted by atomic mass is 10.1. The molecule has 6 nitrogen and oxygen atoms in total. The van der Waals surface area contributed by atoms with Gasteiger partial charge in [-0.25, -0.2) is 4.98 Å². The van der Waals surface area contributed by atoms with Crippen LogP contribution >= 0.6 is 15.9 Å². The second kappa shape index (κ2) is 5.16. The number of piperazine rings is 1. The van der Waals surface area contributed by atoms with Crippen molar-refractivity contribution in [3.8, 4) is 0 Å². The van der Waals surface area contributed by atoms with Crippen LogP contribution in [0, 0.1) is 0 Å². The highest BCUT2D eigenvalue weighted by Gasteiger charge is 2.32. The third-order valence-electron chi connectivity index (χ3n) is 3.03. The number of halogens is 1. The molecule has 2 heterocycles. The number of aromatic nitrogens is 2. The van der Waals surface area contributed by atoms with Crippen LogP contribution in [0.5, 0.6) is 0 Å². The minimum atomic E-state index is -0.848. The monoisotopic (exact) mass is 302 g/mol. The predicted molar refractivity (Wildman–Crippen MR) is 65.7 cm³/mol. The van der Waals surface area contributed by atoms with Gasteiger partial charge in [0.25, 0.3) is 0 Å². The van der Waals surface area contributed by atoms with Gasteiger partial charge in [-0.15, -0.1) is 0 Å². The van der Waals surface area contributed by atoms with E-state index in [1.54, 1.807) is 0 Å². The van der Waals surface area contributed by atoms with E-state index in [9.17, 15) is 9.90 Å². The molecule has 0 saturated carbocycles. The first-order chi connectivity index (χ1) is 8.09. The summed E-state index contributed by atoms with van der Waals surface area (Å²) in [6, 6.07) is -0.652. The van der Waals surface area contributed by atoms with Crippen molar-refractivity contribution < 1.29 is 9.90 Å². The Balaban J connectivity index is 2.19. The fourth-order valence-electron chi connectivity index (χ4n) is 2.02. The summed E-state index contributed by atoms with van der Waals surface area (Å²) >= 11 is 3.27. The molecule has 1 fully saturated rings. The number of rotatable bonds is 3. The van der Waals surface area contributed by atoms with E-state index in [4.69, 9.17) is 0 Å². The molecule has 1 unspecified atom stereocenters. The summed E-state index contributed by atoms with van der Waals surface area (Å²) in [6.07, 6.45) is 1.51. The van der Waals surface area contributed by atoms with E-state index in [1.807, 2.05) is 11.9 Å². The lowest BCUT2D eigenvalue weighted by molar-refractivity contribution is -0.144. The summed E-state index contributed by atoms with van der Waals surface area (Å²) in [5, 5.41) is 9.36. The van der Waals surface area contributed by atoms with Gasteiger partial charge in [-0.05, 0) is 23.0 Å². The average molecular weight is 303 g/mol. The molecule has 0 bridgehead atoms. The first kappa shape index (κ1) is 12.5. The van der Waals surface area contributed by atoms with E-state index < -0.39 is 12.0 Å². The van der Waals surface area contributed by atoms with E-state index in [2.05, 4.69) is 30.8 Å². The van der Waals surface area contributed by atoms with Crippen LogP contribution in [0.1, 0.15) is 11.7 Å². The second-order valence-corrected chi connectivity index (χ2v) is 4.94. The zero-order valence-electron chi connectivity index (χ0n) is 9.56. The van der Waals surface area contributed by atoms with Gasteiger partial charge in [0, 0.05) is 26.2 Å². The fraction of sp³-hybridized carbons (Fsp3) is 0.600. The highest BCUT2D eigenvalue weighted by atomic mass is 79.9. The van der Waals surface area contributed by atoms with Gasteiger partial charge in [0.15, 0.2) is 6.04 Å². The molecule has 1 aromatic rings. The van der Waals surface area contributed by atoms with Crippen molar-refractivity contribution in [2.75, 3.05) is 33.2 Å². The molecule has 0 radical (unpaired) electrons. The van der Waals surface area contributed by atoms with Gasteiger partial charge in [0.1, 0.15) is 4.60 Å². The Labute approximate surface area is 108 Å². The molecule has 2 rings (SSSR count). The van der Waals surface area contributed by atoms with Crippen LogP contribution in [0.25, 0.3) is 0 Å². The number of nitrogens with zero attached hydrogens (tertiary/aromatic N) is 3. The van der Waals surface area contributed by atoms with Gasteiger partial charge in [-0.2, -0.15) is 0 Å². The Morgan fingerprint density at radius 1 is 1.53 bits per heavy atom. The molecular formula is C10H15BrN4O2. The summed E-state index contributed by atoms with van der Waals surface area (Å²) in [5.74, 6) is -0.848. The fourth-order valence-corrected chi connectivity index (χ4v) is 2.46. The van der Waals surface area contributed by atoms with Crippen molar-refractivity contribution in [2.45, 2.75) is 6.04 Å². The number of carboxylic acid groups (broad SMARTS) is 1. The van der Waals surface area contributed by atoms with Gasteiger partial charge in [0.05, 0.1) is 12.0 Å². The molecule has 0 amide bonds. The molecule has 1 aliphatic heterocycles. The number of hydrogen-bond donors (Lipinski definition) is 2. The lowest BCUT2D eigenvalue weighted by Crippen LogP contribution is -2.48. The topological polar surface area (TPSA) is 72.5 Å². The zero-order chi connectivity index (χ0) is 12.4. The number of aromatic amines is 1. The van der Waals surface area contributed by atoms with E-state index in [0.29, 0.717) is 10.3 Å². The normalized spacial score (nSPS) is 20.4. The number of aliphatic carboxylic acids is 1. The molecule has 17 heavy (non-hydrogen) atoms. The zero-order valence-corrected chi connectivity index (χ0v) is 11.1. The van der Waals surface area contributed by atoms with E-state index >= 15 is 0 Å². The van der Waals surface area contributed by atoms with Crippen molar-refractivity contribution in [1.82, 2.24) is 19.8 Å². The second-order valence-electron chi connectivity index (χ2n) is 4.19. The Hall–Kier alpha value is -0.920. The molecule has 7 heteroatoms. The third-order valence-corrected chi connectivity index (χ3v) is 3.66. The molecular weight excluding hydrogens is 288 g/mol. The van der Waals surface area contributed by atoms with Gasteiger partial charge in [0.2, 0.25) is 0 Å². The summed E-state index contributed by atoms with van der Waals surface area (Å²) in [5.41, 5.74) is 0.613. The van der Waals surface area contributed by atoms with Crippen LogP contribution in [-0.2, 0) is 4.79 Å². The van der Waals surface area contributed by atoms with Crippen LogP contribution < -0.4 is 0 Å². The molecule has 0 aliphatic carbocycles. The van der Waals surface area contributed by atoms with Crippen molar-refractivity contribution >= 4 is 21.9 Å². The summed E-state index contributed by atoms with van der Waals surface area (Å²) < 4.78 is 0.573. The number of nitrogens with one attached hydrogen (secondary N) is 1. The van der Waals surface area contributed by atoms with Crippen LogP contribution in [0.15, 0.2) is 10.9 Å². The third kappa shape index (κ3) is 2.67. The molecule has 0 aromatic carbocycles. The highest BCUT2D eigenvalue weighted by molar-refractivity contribution is 9.10. The first-order valence-electron chi connectivity index (χ1n) is 5.43. The van der Waals surface area contributed by atoms with Crippen LogP contribution in [-0.4, -0.2) is 64.1 Å². The Morgan fingerprint density at radius 2 is 2.18 bits per heavy atom. The standard InChI is InChI=1S/C10H15BrN4O2/c1-14-2-4-15(5-3-14)8(10(16)17)7-9(11)13-6-12-7/h6,8H,2-5H2,1H3,(H,12,13)(H,16,17). The molecule has 94 valence electrons. The quantitative estimate of drug-likeness (QED) is 0.853. The Morgan fingerprint density at radius 3 is 2.65 bits per heavy atom. The van der Waals surface area contributed by atoms with Crippen LogP contribution in [0.3, 0.4) is 0 Å². The maximum atomic E-state index is 11.4.